The van der Waals surface area contributed by atoms with Crippen LogP contribution in [0.2, 0.25) is 5.02 Å². The summed E-state index contributed by atoms with van der Waals surface area (Å²) in [4.78, 5) is 12.0. The van der Waals surface area contributed by atoms with Crippen molar-refractivity contribution >= 4 is 33.2 Å². The summed E-state index contributed by atoms with van der Waals surface area (Å²) in [5, 5.41) is 12.3. The summed E-state index contributed by atoms with van der Waals surface area (Å²) >= 11 is 6.09. The van der Waals surface area contributed by atoms with Gasteiger partial charge in [0.1, 0.15) is 4.90 Å². The SMILES string of the molecule is O=C(COc1ccccc1O)Nc1ccc(Cl)c(S(=O)(=O)N2CCOCC2)c1. The van der Waals surface area contributed by atoms with Gasteiger partial charge in [0.05, 0.1) is 18.2 Å². The normalized spacial score (nSPS) is 15.2. The van der Waals surface area contributed by atoms with Crippen molar-refractivity contribution in [3.63, 3.8) is 0 Å². The van der Waals surface area contributed by atoms with E-state index in [4.69, 9.17) is 21.1 Å². The summed E-state index contributed by atoms with van der Waals surface area (Å²) in [6.07, 6.45) is 0. The number of benzene rings is 2. The van der Waals surface area contributed by atoms with Gasteiger partial charge in [0.15, 0.2) is 18.1 Å². The third-order valence-corrected chi connectivity index (χ3v) is 6.41. The summed E-state index contributed by atoms with van der Waals surface area (Å²) in [6.45, 7) is 0.757. The second-order valence-electron chi connectivity index (χ2n) is 5.97. The fourth-order valence-electron chi connectivity index (χ4n) is 2.62. The second-order valence-corrected chi connectivity index (χ2v) is 8.28. The molecule has 1 heterocycles. The van der Waals surface area contributed by atoms with Crippen LogP contribution in [0.4, 0.5) is 5.69 Å². The van der Waals surface area contributed by atoms with Gasteiger partial charge in [-0.25, -0.2) is 8.42 Å². The highest BCUT2D eigenvalue weighted by Crippen LogP contribution is 2.28. The number of morpholine rings is 1. The molecule has 28 heavy (non-hydrogen) atoms. The maximum absolute atomic E-state index is 12.8. The number of rotatable bonds is 6. The molecule has 1 aliphatic rings. The third kappa shape index (κ3) is 4.74. The van der Waals surface area contributed by atoms with Crippen molar-refractivity contribution in [2.24, 2.45) is 0 Å². The van der Waals surface area contributed by atoms with E-state index in [-0.39, 0.29) is 46.8 Å². The zero-order valence-corrected chi connectivity index (χ0v) is 16.4. The topological polar surface area (TPSA) is 105 Å². The molecular formula is C18H19ClN2O6S. The minimum atomic E-state index is -3.81. The Hall–Kier alpha value is -2.33. The average molecular weight is 427 g/mol. The van der Waals surface area contributed by atoms with Crippen molar-refractivity contribution in [1.82, 2.24) is 4.31 Å². The molecule has 150 valence electrons. The number of sulfonamides is 1. The van der Waals surface area contributed by atoms with E-state index >= 15 is 0 Å². The number of nitrogens with one attached hydrogen (secondary N) is 1. The maximum atomic E-state index is 12.8. The Kier molecular flexibility index (Phi) is 6.40. The van der Waals surface area contributed by atoms with E-state index in [1.807, 2.05) is 0 Å². The van der Waals surface area contributed by atoms with Gasteiger partial charge in [-0.3, -0.25) is 4.79 Å². The summed E-state index contributed by atoms with van der Waals surface area (Å²) in [5.41, 5.74) is 0.266. The fourth-order valence-corrected chi connectivity index (χ4v) is 4.53. The Morgan fingerprint density at radius 1 is 1.21 bits per heavy atom. The van der Waals surface area contributed by atoms with E-state index in [1.54, 1.807) is 12.1 Å². The summed E-state index contributed by atoms with van der Waals surface area (Å²) in [5.74, 6) is -0.426. The number of anilines is 1. The highest BCUT2D eigenvalue weighted by molar-refractivity contribution is 7.89. The van der Waals surface area contributed by atoms with E-state index in [2.05, 4.69) is 5.32 Å². The van der Waals surface area contributed by atoms with Crippen molar-refractivity contribution in [1.29, 1.82) is 0 Å². The number of carbonyl (C=O) groups excluding carboxylic acids is 1. The first kappa shape index (κ1) is 20.4. The van der Waals surface area contributed by atoms with Crippen molar-refractivity contribution in [3.05, 3.63) is 47.5 Å². The van der Waals surface area contributed by atoms with E-state index in [0.29, 0.717) is 13.2 Å². The highest BCUT2D eigenvalue weighted by Gasteiger charge is 2.28. The van der Waals surface area contributed by atoms with Crippen LogP contribution in [-0.2, 0) is 19.6 Å². The molecule has 0 spiro atoms. The lowest BCUT2D eigenvalue weighted by Gasteiger charge is -2.26. The number of nitrogens with zero attached hydrogens (tertiary/aromatic N) is 1. The maximum Gasteiger partial charge on any atom is 0.262 e. The Morgan fingerprint density at radius 3 is 2.64 bits per heavy atom. The molecule has 0 aliphatic carbocycles. The average Bonchev–Trinajstić information content (AvgIpc) is 2.69. The lowest BCUT2D eigenvalue weighted by Crippen LogP contribution is -2.40. The standard InChI is InChI=1S/C18H19ClN2O6S/c19-14-6-5-13(11-17(14)28(24,25)21-7-9-26-10-8-21)20-18(23)12-27-16-4-2-1-3-15(16)22/h1-6,11,22H,7-10,12H2,(H,20,23). The molecular weight excluding hydrogens is 408 g/mol. The van der Waals surface area contributed by atoms with Crippen molar-refractivity contribution in [2.45, 2.75) is 4.90 Å². The zero-order chi connectivity index (χ0) is 20.1. The van der Waals surface area contributed by atoms with Crippen LogP contribution in [0.25, 0.3) is 0 Å². The number of aromatic hydroxyl groups is 1. The summed E-state index contributed by atoms with van der Waals surface area (Å²) in [7, 11) is -3.81. The first-order chi connectivity index (χ1) is 13.4. The largest absolute Gasteiger partial charge is 0.504 e. The number of amides is 1. The molecule has 2 aromatic rings. The molecule has 8 nitrogen and oxygen atoms in total. The van der Waals surface area contributed by atoms with Gasteiger partial charge in [0.2, 0.25) is 10.0 Å². The molecule has 2 N–H and O–H groups in total. The van der Waals surface area contributed by atoms with Gasteiger partial charge in [0, 0.05) is 18.8 Å². The first-order valence-electron chi connectivity index (χ1n) is 8.46. The first-order valence-corrected chi connectivity index (χ1v) is 10.3. The Labute approximate surface area is 167 Å². The van der Waals surface area contributed by atoms with Gasteiger partial charge in [-0.1, -0.05) is 23.7 Å². The van der Waals surface area contributed by atoms with Crippen LogP contribution in [0.1, 0.15) is 0 Å². The van der Waals surface area contributed by atoms with E-state index < -0.39 is 15.9 Å². The monoisotopic (exact) mass is 426 g/mol. The predicted molar refractivity (Wildman–Crippen MR) is 103 cm³/mol. The predicted octanol–water partition coefficient (Wildman–Crippen LogP) is 2.08. The van der Waals surface area contributed by atoms with Gasteiger partial charge in [-0.2, -0.15) is 4.31 Å². The lowest BCUT2D eigenvalue weighted by atomic mass is 10.3. The number of hydrogen-bond acceptors (Lipinski definition) is 6. The van der Waals surface area contributed by atoms with Crippen molar-refractivity contribution in [2.75, 3.05) is 38.2 Å². The molecule has 10 heteroatoms. The molecule has 0 bridgehead atoms. The smallest absolute Gasteiger partial charge is 0.262 e. The highest BCUT2D eigenvalue weighted by atomic mass is 35.5. The number of halogens is 1. The molecule has 0 unspecified atom stereocenters. The molecule has 3 rings (SSSR count). The van der Waals surface area contributed by atoms with E-state index in [0.717, 1.165) is 0 Å². The molecule has 0 saturated carbocycles. The Bertz CT molecular complexity index is 960. The number of phenolic OH excluding ortho intramolecular Hbond substituents is 1. The van der Waals surface area contributed by atoms with Crippen molar-refractivity contribution < 1.29 is 27.8 Å². The zero-order valence-electron chi connectivity index (χ0n) is 14.8. The van der Waals surface area contributed by atoms with Gasteiger partial charge in [0.25, 0.3) is 5.91 Å². The van der Waals surface area contributed by atoms with Crippen LogP contribution in [0.15, 0.2) is 47.4 Å². The Morgan fingerprint density at radius 2 is 1.93 bits per heavy atom. The van der Waals surface area contributed by atoms with Crippen LogP contribution in [0.3, 0.4) is 0 Å². The number of para-hydroxylation sites is 2. The van der Waals surface area contributed by atoms with Crippen LogP contribution in [-0.4, -0.2) is 56.6 Å². The number of hydrogen-bond donors (Lipinski definition) is 2. The minimum Gasteiger partial charge on any atom is -0.504 e. The quantitative estimate of drug-likeness (QED) is 0.732. The second kappa shape index (κ2) is 8.78. The molecule has 1 aliphatic heterocycles. The lowest BCUT2D eigenvalue weighted by molar-refractivity contribution is -0.118. The number of carbonyl (C=O) groups is 1. The minimum absolute atomic E-state index is 0.0648. The van der Waals surface area contributed by atoms with Crippen molar-refractivity contribution in [3.8, 4) is 11.5 Å². The van der Waals surface area contributed by atoms with Gasteiger partial charge < -0.3 is 19.9 Å². The fraction of sp³-hybridized carbons (Fsp3) is 0.278. The number of phenols is 1. The molecule has 0 radical (unpaired) electrons. The van der Waals surface area contributed by atoms with Crippen LogP contribution in [0, 0.1) is 0 Å². The molecule has 2 aromatic carbocycles. The Balaban J connectivity index is 1.70. The van der Waals surface area contributed by atoms with E-state index in [1.165, 1.54) is 34.6 Å². The molecule has 1 fully saturated rings. The third-order valence-electron chi connectivity index (χ3n) is 4.03. The number of ether oxygens (including phenoxy) is 2. The molecule has 1 saturated heterocycles. The van der Waals surface area contributed by atoms with Crippen LogP contribution < -0.4 is 10.1 Å². The molecule has 1 amide bonds. The summed E-state index contributed by atoms with van der Waals surface area (Å²) < 4.78 is 37.4. The summed E-state index contributed by atoms with van der Waals surface area (Å²) in [6, 6.07) is 10.5. The van der Waals surface area contributed by atoms with Crippen LogP contribution in [0.5, 0.6) is 11.5 Å². The van der Waals surface area contributed by atoms with Crippen LogP contribution >= 0.6 is 11.6 Å². The molecule has 0 aromatic heterocycles. The van der Waals surface area contributed by atoms with E-state index in [9.17, 15) is 18.3 Å². The van der Waals surface area contributed by atoms with Gasteiger partial charge in [-0.15, -0.1) is 0 Å². The van der Waals surface area contributed by atoms with Gasteiger partial charge >= 0.3 is 0 Å². The molecule has 0 atom stereocenters. The van der Waals surface area contributed by atoms with Gasteiger partial charge in [-0.05, 0) is 30.3 Å².